The van der Waals surface area contributed by atoms with Crippen LogP contribution >= 0.6 is 22.9 Å². The van der Waals surface area contributed by atoms with Crippen LogP contribution in [0.2, 0.25) is 5.02 Å². The minimum absolute atomic E-state index is 0.0118. The lowest BCUT2D eigenvalue weighted by Gasteiger charge is -2.07. The van der Waals surface area contributed by atoms with E-state index in [2.05, 4.69) is 15.6 Å². The van der Waals surface area contributed by atoms with E-state index < -0.39 is 17.8 Å². The number of carboxylic acid groups (broad SMARTS) is 1. The van der Waals surface area contributed by atoms with Crippen LogP contribution in [0.4, 0.5) is 14.9 Å². The summed E-state index contributed by atoms with van der Waals surface area (Å²) in [6.45, 7) is 0.0407. The average molecular weight is 330 g/mol. The standard InChI is InChI=1S/C12H9ClFN3O3S/c13-6-1-2-8(7(14)3-6)17-12(20)15-4-10-16-9(5-21-10)11(18)19/h1-3,5H,4H2,(H,18,19)(H2,15,17,20). The Balaban J connectivity index is 1.91. The van der Waals surface area contributed by atoms with E-state index in [1.807, 2.05) is 0 Å². The summed E-state index contributed by atoms with van der Waals surface area (Å²) in [5.41, 5.74) is -0.0942. The second kappa shape index (κ2) is 6.51. The van der Waals surface area contributed by atoms with Crippen molar-refractivity contribution in [3.05, 3.63) is 45.1 Å². The van der Waals surface area contributed by atoms with Gasteiger partial charge >= 0.3 is 12.0 Å². The van der Waals surface area contributed by atoms with E-state index in [4.69, 9.17) is 16.7 Å². The highest BCUT2D eigenvalue weighted by molar-refractivity contribution is 7.09. The number of hydrogen-bond acceptors (Lipinski definition) is 4. The first-order valence-corrected chi connectivity index (χ1v) is 6.89. The molecule has 0 aliphatic rings. The molecule has 0 aliphatic heterocycles. The number of aromatic nitrogens is 1. The molecule has 0 radical (unpaired) electrons. The monoisotopic (exact) mass is 329 g/mol. The van der Waals surface area contributed by atoms with E-state index in [1.165, 1.54) is 17.5 Å². The largest absolute Gasteiger partial charge is 0.476 e. The molecule has 1 aromatic carbocycles. The lowest BCUT2D eigenvalue weighted by Crippen LogP contribution is -2.28. The van der Waals surface area contributed by atoms with Crippen molar-refractivity contribution in [3.63, 3.8) is 0 Å². The summed E-state index contributed by atoms with van der Waals surface area (Å²) in [6.07, 6.45) is 0. The summed E-state index contributed by atoms with van der Waals surface area (Å²) in [5, 5.41) is 15.5. The minimum atomic E-state index is -1.13. The molecule has 9 heteroatoms. The van der Waals surface area contributed by atoms with Gasteiger partial charge in [0.2, 0.25) is 0 Å². The summed E-state index contributed by atoms with van der Waals surface area (Å²) < 4.78 is 13.5. The van der Waals surface area contributed by atoms with Gasteiger partial charge in [0.1, 0.15) is 10.8 Å². The third kappa shape index (κ3) is 4.14. The van der Waals surface area contributed by atoms with Crippen LogP contribution in [0.15, 0.2) is 23.6 Å². The van der Waals surface area contributed by atoms with Gasteiger partial charge in [-0.05, 0) is 18.2 Å². The van der Waals surface area contributed by atoms with Crippen LogP contribution in [0, 0.1) is 5.82 Å². The number of anilines is 1. The number of aromatic carboxylic acids is 1. The molecule has 21 heavy (non-hydrogen) atoms. The van der Waals surface area contributed by atoms with Gasteiger partial charge in [0.05, 0.1) is 12.2 Å². The summed E-state index contributed by atoms with van der Waals surface area (Å²) in [4.78, 5) is 26.1. The summed E-state index contributed by atoms with van der Waals surface area (Å²) in [6, 6.07) is 3.23. The normalized spacial score (nSPS) is 10.2. The Morgan fingerprint density at radius 3 is 2.81 bits per heavy atom. The maximum atomic E-state index is 13.5. The zero-order valence-corrected chi connectivity index (χ0v) is 12.0. The number of nitrogens with zero attached hydrogens (tertiary/aromatic N) is 1. The van der Waals surface area contributed by atoms with Gasteiger partial charge in [-0.2, -0.15) is 0 Å². The average Bonchev–Trinajstić information content (AvgIpc) is 2.89. The Kier molecular flexibility index (Phi) is 4.71. The SMILES string of the molecule is O=C(NCc1nc(C(=O)O)cs1)Nc1ccc(Cl)cc1F. The smallest absolute Gasteiger partial charge is 0.355 e. The molecular weight excluding hydrogens is 321 g/mol. The number of rotatable bonds is 4. The van der Waals surface area contributed by atoms with Crippen LogP contribution in [-0.4, -0.2) is 22.1 Å². The van der Waals surface area contributed by atoms with Gasteiger partial charge in [-0.1, -0.05) is 11.6 Å². The molecule has 0 atom stereocenters. The first-order chi connectivity index (χ1) is 9.95. The van der Waals surface area contributed by atoms with E-state index in [0.29, 0.717) is 5.01 Å². The molecule has 6 nitrogen and oxygen atoms in total. The third-order valence-corrected chi connectivity index (χ3v) is 3.43. The maximum absolute atomic E-state index is 13.5. The number of hydrogen-bond donors (Lipinski definition) is 3. The first-order valence-electron chi connectivity index (χ1n) is 5.63. The number of thiazole rings is 1. The van der Waals surface area contributed by atoms with Crippen molar-refractivity contribution < 1.29 is 19.1 Å². The number of halogens is 2. The first kappa shape index (κ1) is 15.2. The summed E-state index contributed by atoms with van der Waals surface area (Å²) in [5.74, 6) is -1.79. The highest BCUT2D eigenvalue weighted by Crippen LogP contribution is 2.18. The quantitative estimate of drug-likeness (QED) is 0.804. The van der Waals surface area contributed by atoms with E-state index in [-0.39, 0.29) is 22.9 Å². The second-order valence-corrected chi connectivity index (χ2v) is 5.24. The molecule has 1 aromatic heterocycles. The topological polar surface area (TPSA) is 91.3 Å². The predicted octanol–water partition coefficient (Wildman–Crippen LogP) is 2.96. The highest BCUT2D eigenvalue weighted by atomic mass is 35.5. The number of nitrogens with one attached hydrogen (secondary N) is 2. The Morgan fingerprint density at radius 1 is 1.43 bits per heavy atom. The number of benzene rings is 1. The van der Waals surface area contributed by atoms with E-state index >= 15 is 0 Å². The molecule has 0 fully saturated rings. The van der Waals surface area contributed by atoms with Crippen molar-refractivity contribution in [2.24, 2.45) is 0 Å². The highest BCUT2D eigenvalue weighted by Gasteiger charge is 2.10. The van der Waals surface area contributed by atoms with Crippen LogP contribution in [0.3, 0.4) is 0 Å². The molecule has 3 N–H and O–H groups in total. The maximum Gasteiger partial charge on any atom is 0.355 e. The summed E-state index contributed by atoms with van der Waals surface area (Å²) >= 11 is 6.70. The van der Waals surface area contributed by atoms with Gasteiger partial charge in [0, 0.05) is 10.4 Å². The number of urea groups is 1. The van der Waals surface area contributed by atoms with E-state index in [9.17, 15) is 14.0 Å². The van der Waals surface area contributed by atoms with Crippen LogP contribution in [-0.2, 0) is 6.54 Å². The molecule has 1 heterocycles. The molecule has 2 aromatic rings. The van der Waals surface area contributed by atoms with Crippen LogP contribution < -0.4 is 10.6 Å². The number of amides is 2. The van der Waals surface area contributed by atoms with Gasteiger partial charge < -0.3 is 15.7 Å². The van der Waals surface area contributed by atoms with Crippen molar-refractivity contribution >= 4 is 40.6 Å². The van der Waals surface area contributed by atoms with Crippen molar-refractivity contribution in [1.82, 2.24) is 10.3 Å². The van der Waals surface area contributed by atoms with Crippen molar-refractivity contribution in [1.29, 1.82) is 0 Å². The molecule has 2 rings (SSSR count). The molecule has 0 bridgehead atoms. The van der Waals surface area contributed by atoms with E-state index in [1.54, 1.807) is 0 Å². The fourth-order valence-electron chi connectivity index (χ4n) is 1.40. The Labute approximate surface area is 127 Å². The molecule has 0 aliphatic carbocycles. The zero-order valence-electron chi connectivity index (χ0n) is 10.4. The summed E-state index contributed by atoms with van der Waals surface area (Å²) in [7, 11) is 0. The molecule has 0 saturated heterocycles. The van der Waals surface area contributed by atoms with Gasteiger partial charge in [0.15, 0.2) is 5.69 Å². The Morgan fingerprint density at radius 2 is 2.19 bits per heavy atom. The van der Waals surface area contributed by atoms with Gasteiger partial charge in [-0.25, -0.2) is 19.0 Å². The number of carboxylic acids is 1. The third-order valence-electron chi connectivity index (χ3n) is 2.35. The van der Waals surface area contributed by atoms with E-state index in [0.717, 1.165) is 17.4 Å². The van der Waals surface area contributed by atoms with Crippen molar-refractivity contribution in [2.45, 2.75) is 6.54 Å². The predicted molar refractivity (Wildman–Crippen MR) is 76.3 cm³/mol. The fraction of sp³-hybridized carbons (Fsp3) is 0.0833. The van der Waals surface area contributed by atoms with Gasteiger partial charge in [-0.15, -0.1) is 11.3 Å². The molecule has 0 spiro atoms. The van der Waals surface area contributed by atoms with Crippen molar-refractivity contribution in [3.8, 4) is 0 Å². The fourth-order valence-corrected chi connectivity index (χ4v) is 2.27. The molecule has 0 saturated carbocycles. The van der Waals surface area contributed by atoms with Gasteiger partial charge in [0.25, 0.3) is 0 Å². The van der Waals surface area contributed by atoms with Crippen molar-refractivity contribution in [2.75, 3.05) is 5.32 Å². The minimum Gasteiger partial charge on any atom is -0.476 e. The Bertz CT molecular complexity index is 692. The molecule has 0 unspecified atom stereocenters. The Hall–Kier alpha value is -2.19. The zero-order chi connectivity index (χ0) is 15.4. The number of carbonyl (C=O) groups is 2. The lowest BCUT2D eigenvalue weighted by molar-refractivity contribution is 0.0691. The van der Waals surface area contributed by atoms with Crippen LogP contribution in [0.5, 0.6) is 0 Å². The molecule has 2 amide bonds. The van der Waals surface area contributed by atoms with Crippen LogP contribution in [0.25, 0.3) is 0 Å². The lowest BCUT2D eigenvalue weighted by atomic mass is 10.3. The van der Waals surface area contributed by atoms with Gasteiger partial charge in [-0.3, -0.25) is 0 Å². The second-order valence-electron chi connectivity index (χ2n) is 3.86. The van der Waals surface area contributed by atoms with Crippen LogP contribution in [0.1, 0.15) is 15.5 Å². The number of carbonyl (C=O) groups excluding carboxylic acids is 1. The molecular formula is C12H9ClFN3O3S. The molecule has 110 valence electrons.